The predicted octanol–water partition coefficient (Wildman–Crippen LogP) is 25.2. The van der Waals surface area contributed by atoms with E-state index in [9.17, 15) is 14.4 Å². The second kappa shape index (κ2) is 71.3. The lowest BCUT2D eigenvalue weighted by Gasteiger charge is -2.18. The van der Waals surface area contributed by atoms with Crippen molar-refractivity contribution in [2.45, 2.75) is 386 Å². The molecule has 0 aliphatic carbocycles. The van der Waals surface area contributed by atoms with Crippen LogP contribution in [0.15, 0.2) is 72.9 Å². The fraction of sp³-hybridized carbons (Fsp3) is 0.805. The first-order valence-corrected chi connectivity index (χ1v) is 36.4. The normalized spacial score (nSPS) is 12.5. The van der Waals surface area contributed by atoms with Crippen LogP contribution in [-0.4, -0.2) is 37.2 Å². The van der Waals surface area contributed by atoms with Gasteiger partial charge in [-0.05, 0) is 109 Å². The van der Waals surface area contributed by atoms with Gasteiger partial charge in [-0.2, -0.15) is 0 Å². The van der Waals surface area contributed by atoms with Gasteiger partial charge in [0.05, 0.1) is 0 Å². The monoisotopic (exact) mass is 1160 g/mol. The Morgan fingerprint density at radius 2 is 0.470 bits per heavy atom. The zero-order valence-electron chi connectivity index (χ0n) is 55.5. The minimum atomic E-state index is -0.785. The van der Waals surface area contributed by atoms with Crippen LogP contribution >= 0.6 is 0 Å². The second-order valence-electron chi connectivity index (χ2n) is 24.5. The lowest BCUT2D eigenvalue weighted by Crippen LogP contribution is -2.30. The quantitative estimate of drug-likeness (QED) is 0.0261. The van der Waals surface area contributed by atoms with Gasteiger partial charge in [0.2, 0.25) is 0 Å². The zero-order valence-corrected chi connectivity index (χ0v) is 55.5. The SMILES string of the molecule is CC/C=C\C/C=C\C/C=C\CCCCCCCC(=O)OCC(COC(=O)CCCCCCCCCCCCCCCCCCCCCCC/C=C\C/C=C\CCCCCCC)OC(=O)CCCCCCCCC/C=C\CCCCCCCC. The highest BCUT2D eigenvalue weighted by atomic mass is 16.6. The molecule has 6 nitrogen and oxygen atoms in total. The average Bonchev–Trinajstić information content (AvgIpc) is 3.49. The Balaban J connectivity index is 4.17. The molecule has 6 heteroatoms. The van der Waals surface area contributed by atoms with E-state index in [-0.39, 0.29) is 31.1 Å². The Kier molecular flexibility index (Phi) is 68.6. The largest absolute Gasteiger partial charge is 0.462 e. The first-order chi connectivity index (χ1) is 41.0. The molecule has 83 heavy (non-hydrogen) atoms. The number of allylic oxidation sites excluding steroid dienone is 12. The first-order valence-electron chi connectivity index (χ1n) is 36.4. The molecule has 0 amide bonds. The Bertz CT molecular complexity index is 1520. The van der Waals surface area contributed by atoms with E-state index in [0.717, 1.165) is 103 Å². The van der Waals surface area contributed by atoms with Crippen molar-refractivity contribution in [3.05, 3.63) is 72.9 Å². The molecule has 0 aliphatic rings. The van der Waals surface area contributed by atoms with Crippen LogP contribution in [0.1, 0.15) is 380 Å². The summed E-state index contributed by atoms with van der Waals surface area (Å²) in [5.41, 5.74) is 0. The Morgan fingerprint density at radius 3 is 0.747 bits per heavy atom. The molecule has 0 saturated carbocycles. The minimum Gasteiger partial charge on any atom is -0.462 e. The molecule has 0 aromatic heterocycles. The molecule has 0 aromatic rings. The third-order valence-corrected chi connectivity index (χ3v) is 16.2. The van der Waals surface area contributed by atoms with E-state index in [1.807, 2.05) is 0 Å². The molecule has 0 radical (unpaired) electrons. The fourth-order valence-electron chi connectivity index (χ4n) is 10.7. The topological polar surface area (TPSA) is 78.9 Å². The highest BCUT2D eigenvalue weighted by molar-refractivity contribution is 5.71. The maximum absolute atomic E-state index is 12.9. The van der Waals surface area contributed by atoms with E-state index in [1.54, 1.807) is 0 Å². The van der Waals surface area contributed by atoms with Crippen LogP contribution in [0.3, 0.4) is 0 Å². The van der Waals surface area contributed by atoms with E-state index < -0.39 is 6.10 Å². The highest BCUT2D eigenvalue weighted by Crippen LogP contribution is 2.18. The van der Waals surface area contributed by atoms with Gasteiger partial charge in [0.25, 0.3) is 0 Å². The summed E-state index contributed by atoms with van der Waals surface area (Å²) < 4.78 is 17.0. The number of hydrogen-bond acceptors (Lipinski definition) is 6. The van der Waals surface area contributed by atoms with Crippen LogP contribution in [0, 0.1) is 0 Å². The van der Waals surface area contributed by atoms with Crippen LogP contribution in [0.4, 0.5) is 0 Å². The van der Waals surface area contributed by atoms with Crippen molar-refractivity contribution in [1.29, 1.82) is 0 Å². The molecule has 0 aromatic carbocycles. The molecule has 0 heterocycles. The molecule has 0 spiro atoms. The first kappa shape index (κ1) is 79.8. The van der Waals surface area contributed by atoms with Gasteiger partial charge in [-0.3, -0.25) is 14.4 Å². The summed E-state index contributed by atoms with van der Waals surface area (Å²) in [7, 11) is 0. The fourth-order valence-corrected chi connectivity index (χ4v) is 10.7. The standard InChI is InChI=1S/C77H138O6/c1-4-7-10-13-16-19-22-25-28-30-31-32-33-34-35-36-37-38-39-40-41-42-43-44-45-47-49-52-55-58-61-64-67-70-76(79)82-73-74(72-81-75(78)69-66-63-60-57-54-51-48-27-24-21-18-15-12-9-6-3)83-77(80)71-68-65-62-59-56-53-50-46-29-26-23-20-17-14-11-8-5-2/h9,12,18,21-22,25-27,29-31,48,74H,4-8,10-11,13-17,19-20,23-24,28,32-47,49-73H2,1-3H3/b12-9-,21-18-,25-22-,29-26-,31-30-,48-27-. The van der Waals surface area contributed by atoms with Crippen LogP contribution in [0.2, 0.25) is 0 Å². The lowest BCUT2D eigenvalue weighted by atomic mass is 10.0. The van der Waals surface area contributed by atoms with E-state index in [2.05, 4.69) is 93.7 Å². The molecule has 0 aliphatic heterocycles. The van der Waals surface area contributed by atoms with Crippen molar-refractivity contribution >= 4 is 17.9 Å². The van der Waals surface area contributed by atoms with Crippen molar-refractivity contribution in [2.75, 3.05) is 13.2 Å². The molecular weight excluding hydrogens is 1020 g/mol. The van der Waals surface area contributed by atoms with Crippen molar-refractivity contribution in [2.24, 2.45) is 0 Å². The maximum Gasteiger partial charge on any atom is 0.306 e. The number of esters is 3. The Labute approximate surface area is 516 Å². The predicted molar refractivity (Wildman–Crippen MR) is 362 cm³/mol. The molecule has 0 saturated heterocycles. The van der Waals surface area contributed by atoms with E-state index >= 15 is 0 Å². The Hall–Kier alpha value is -3.15. The van der Waals surface area contributed by atoms with Crippen LogP contribution in [-0.2, 0) is 28.6 Å². The molecule has 0 rings (SSSR count). The molecule has 1 unspecified atom stereocenters. The summed E-state index contributed by atoms with van der Waals surface area (Å²) in [6.45, 7) is 6.55. The number of hydrogen-bond donors (Lipinski definition) is 0. The summed E-state index contributed by atoms with van der Waals surface area (Å²) >= 11 is 0. The van der Waals surface area contributed by atoms with Gasteiger partial charge >= 0.3 is 17.9 Å². The maximum atomic E-state index is 12.9. The number of ether oxygens (including phenoxy) is 3. The van der Waals surface area contributed by atoms with Crippen LogP contribution in [0.25, 0.3) is 0 Å². The summed E-state index contributed by atoms with van der Waals surface area (Å²) in [6, 6.07) is 0. The number of carbonyl (C=O) groups excluding carboxylic acids is 3. The van der Waals surface area contributed by atoms with E-state index in [4.69, 9.17) is 14.2 Å². The van der Waals surface area contributed by atoms with Crippen molar-refractivity contribution in [1.82, 2.24) is 0 Å². The summed E-state index contributed by atoms with van der Waals surface area (Å²) in [5.74, 6) is -0.880. The average molecular weight is 1160 g/mol. The Morgan fingerprint density at radius 1 is 0.253 bits per heavy atom. The summed E-state index contributed by atoms with van der Waals surface area (Å²) in [5, 5.41) is 0. The van der Waals surface area contributed by atoms with E-state index in [1.165, 1.54) is 238 Å². The number of carbonyl (C=O) groups is 3. The van der Waals surface area contributed by atoms with Gasteiger partial charge in [-0.15, -0.1) is 0 Å². The van der Waals surface area contributed by atoms with Gasteiger partial charge < -0.3 is 14.2 Å². The summed E-state index contributed by atoms with van der Waals surface area (Å²) in [4.78, 5) is 38.4. The van der Waals surface area contributed by atoms with Gasteiger partial charge in [0, 0.05) is 19.3 Å². The summed E-state index contributed by atoms with van der Waals surface area (Å²) in [6.07, 6.45) is 93.8. The molecular formula is C77H138O6. The van der Waals surface area contributed by atoms with Gasteiger partial charge in [0.1, 0.15) is 13.2 Å². The molecule has 1 atom stereocenters. The molecule has 0 bridgehead atoms. The van der Waals surface area contributed by atoms with Crippen LogP contribution < -0.4 is 0 Å². The number of unbranched alkanes of at least 4 members (excludes halogenated alkanes) is 44. The third-order valence-electron chi connectivity index (χ3n) is 16.2. The van der Waals surface area contributed by atoms with E-state index in [0.29, 0.717) is 19.3 Å². The molecule has 482 valence electrons. The smallest absolute Gasteiger partial charge is 0.306 e. The van der Waals surface area contributed by atoms with Gasteiger partial charge in [-0.25, -0.2) is 0 Å². The molecule has 0 N–H and O–H groups in total. The van der Waals surface area contributed by atoms with Crippen molar-refractivity contribution < 1.29 is 28.6 Å². The minimum absolute atomic E-state index is 0.0790. The molecule has 0 fully saturated rings. The van der Waals surface area contributed by atoms with Crippen molar-refractivity contribution in [3.63, 3.8) is 0 Å². The van der Waals surface area contributed by atoms with Gasteiger partial charge in [0.15, 0.2) is 6.10 Å². The van der Waals surface area contributed by atoms with Gasteiger partial charge in [-0.1, -0.05) is 325 Å². The third kappa shape index (κ3) is 69.5. The lowest BCUT2D eigenvalue weighted by molar-refractivity contribution is -0.167. The van der Waals surface area contributed by atoms with Crippen LogP contribution in [0.5, 0.6) is 0 Å². The zero-order chi connectivity index (χ0) is 59.9. The second-order valence-corrected chi connectivity index (χ2v) is 24.5. The highest BCUT2D eigenvalue weighted by Gasteiger charge is 2.19. The number of rotatable bonds is 67. The van der Waals surface area contributed by atoms with Crippen molar-refractivity contribution in [3.8, 4) is 0 Å².